The lowest BCUT2D eigenvalue weighted by Gasteiger charge is -2.42. The van der Waals surface area contributed by atoms with Gasteiger partial charge in [0.05, 0.1) is 11.3 Å². The molecule has 8 heteroatoms. The summed E-state index contributed by atoms with van der Waals surface area (Å²) in [4.78, 5) is 19.9. The maximum atomic E-state index is 13.1. The molecule has 8 nitrogen and oxygen atoms in total. The Morgan fingerprint density at radius 1 is 1.19 bits per heavy atom. The van der Waals surface area contributed by atoms with Crippen molar-refractivity contribution < 1.29 is 0 Å². The van der Waals surface area contributed by atoms with Crippen LogP contribution >= 0.6 is 0 Å². The second kappa shape index (κ2) is 6.16. The van der Waals surface area contributed by atoms with Crippen LogP contribution < -0.4 is 5.56 Å². The molecule has 1 saturated heterocycles. The zero-order chi connectivity index (χ0) is 18.5. The number of imidazole rings is 1. The Labute approximate surface area is 157 Å². The van der Waals surface area contributed by atoms with Crippen molar-refractivity contribution in [2.45, 2.75) is 25.4 Å². The summed E-state index contributed by atoms with van der Waals surface area (Å²) in [5, 5.41) is 8.25. The minimum Gasteiger partial charge on any atom is -0.334 e. The van der Waals surface area contributed by atoms with Gasteiger partial charge in [-0.25, -0.2) is 4.98 Å². The van der Waals surface area contributed by atoms with Crippen LogP contribution in [0.25, 0.3) is 11.4 Å². The highest BCUT2D eigenvalue weighted by Gasteiger charge is 2.35. The molecular weight excluding hydrogens is 342 g/mol. The molecular formula is C19H23N7O. The number of aryl methyl sites for hydroxylation is 2. The summed E-state index contributed by atoms with van der Waals surface area (Å²) in [7, 11) is 3.81. The average Bonchev–Trinajstić information content (AvgIpc) is 3.24. The number of pyridine rings is 1. The largest absolute Gasteiger partial charge is 0.334 e. The number of rotatable bonds is 3. The van der Waals surface area contributed by atoms with Crippen molar-refractivity contribution in [2.75, 3.05) is 13.1 Å². The minimum absolute atomic E-state index is 0.0823. The van der Waals surface area contributed by atoms with Gasteiger partial charge in [-0.1, -0.05) is 5.21 Å². The highest BCUT2D eigenvalue weighted by Crippen LogP contribution is 2.36. The van der Waals surface area contributed by atoms with Crippen molar-refractivity contribution in [2.24, 2.45) is 20.0 Å². The van der Waals surface area contributed by atoms with Crippen molar-refractivity contribution in [1.29, 1.82) is 0 Å². The van der Waals surface area contributed by atoms with Gasteiger partial charge < -0.3 is 9.13 Å². The van der Waals surface area contributed by atoms with Crippen LogP contribution in [-0.4, -0.2) is 47.1 Å². The molecule has 0 aliphatic carbocycles. The number of fused-ring (bicyclic) bond motifs is 4. The predicted molar refractivity (Wildman–Crippen MR) is 100 cm³/mol. The Morgan fingerprint density at radius 3 is 2.81 bits per heavy atom. The second-order valence-electron chi connectivity index (χ2n) is 7.83. The van der Waals surface area contributed by atoms with Crippen LogP contribution in [0.3, 0.4) is 0 Å². The maximum absolute atomic E-state index is 13.1. The van der Waals surface area contributed by atoms with E-state index < -0.39 is 0 Å². The van der Waals surface area contributed by atoms with Gasteiger partial charge in [-0.05, 0) is 24.5 Å². The molecule has 2 atom stereocenters. The molecule has 0 N–H and O–H groups in total. The quantitative estimate of drug-likeness (QED) is 0.692. The Balaban J connectivity index is 1.45. The predicted octanol–water partition coefficient (Wildman–Crippen LogP) is 0.997. The van der Waals surface area contributed by atoms with Crippen molar-refractivity contribution >= 4 is 0 Å². The average molecular weight is 365 g/mol. The Kier molecular flexibility index (Phi) is 3.75. The molecule has 2 aliphatic rings. The first-order chi connectivity index (χ1) is 13.1. The number of aromatic nitrogens is 6. The van der Waals surface area contributed by atoms with Crippen LogP contribution in [-0.2, 0) is 27.2 Å². The van der Waals surface area contributed by atoms with Gasteiger partial charge in [-0.15, -0.1) is 5.10 Å². The van der Waals surface area contributed by atoms with Gasteiger partial charge in [0.15, 0.2) is 0 Å². The van der Waals surface area contributed by atoms with Crippen LogP contribution in [0.1, 0.15) is 23.7 Å². The summed E-state index contributed by atoms with van der Waals surface area (Å²) in [6.07, 6.45) is 6.73. The molecule has 5 heterocycles. The van der Waals surface area contributed by atoms with Crippen molar-refractivity contribution in [3.63, 3.8) is 0 Å². The fourth-order valence-corrected chi connectivity index (χ4v) is 4.67. The van der Waals surface area contributed by atoms with Crippen molar-refractivity contribution in [1.82, 2.24) is 34.0 Å². The normalized spacial score (nSPS) is 22.0. The molecule has 140 valence electrons. The van der Waals surface area contributed by atoms with E-state index in [0.29, 0.717) is 17.4 Å². The molecule has 0 radical (unpaired) electrons. The summed E-state index contributed by atoms with van der Waals surface area (Å²) < 4.78 is 5.63. The van der Waals surface area contributed by atoms with Crippen LogP contribution in [0, 0.1) is 5.92 Å². The fraction of sp³-hybridized carbons (Fsp3) is 0.474. The van der Waals surface area contributed by atoms with Crippen LogP contribution in [0.2, 0.25) is 0 Å². The Morgan fingerprint density at radius 2 is 2.07 bits per heavy atom. The van der Waals surface area contributed by atoms with E-state index in [4.69, 9.17) is 0 Å². The Hall–Kier alpha value is -2.74. The van der Waals surface area contributed by atoms with Gasteiger partial charge >= 0.3 is 0 Å². The van der Waals surface area contributed by atoms with E-state index in [2.05, 4.69) is 26.3 Å². The molecule has 0 saturated carbocycles. The van der Waals surface area contributed by atoms with Gasteiger partial charge in [0.2, 0.25) is 0 Å². The SMILES string of the molecule is Cn1cc(CN2C[C@@H]3C[C@H](C2)c2ccc(-c4nccn4C)c(=O)n2C3)nn1. The lowest BCUT2D eigenvalue weighted by atomic mass is 9.83. The molecule has 27 heavy (non-hydrogen) atoms. The first kappa shape index (κ1) is 16.4. The summed E-state index contributed by atoms with van der Waals surface area (Å²) in [6.45, 7) is 3.54. The summed E-state index contributed by atoms with van der Waals surface area (Å²) in [6, 6.07) is 4.07. The van der Waals surface area contributed by atoms with E-state index in [9.17, 15) is 4.79 Å². The highest BCUT2D eigenvalue weighted by atomic mass is 16.1. The van der Waals surface area contributed by atoms with E-state index >= 15 is 0 Å². The van der Waals surface area contributed by atoms with Crippen LogP contribution in [0.15, 0.2) is 35.5 Å². The molecule has 2 aliphatic heterocycles. The lowest BCUT2D eigenvalue weighted by molar-refractivity contribution is 0.113. The van der Waals surface area contributed by atoms with Gasteiger partial charge in [0.1, 0.15) is 5.82 Å². The minimum atomic E-state index is 0.0823. The summed E-state index contributed by atoms with van der Waals surface area (Å²) >= 11 is 0. The third-order valence-electron chi connectivity index (χ3n) is 5.78. The molecule has 0 spiro atoms. The number of likely N-dealkylation sites (tertiary alicyclic amines) is 1. The molecule has 1 fully saturated rings. The molecule has 3 aromatic heterocycles. The molecule has 0 unspecified atom stereocenters. The number of nitrogens with zero attached hydrogens (tertiary/aromatic N) is 7. The topological polar surface area (TPSA) is 73.8 Å². The molecule has 2 bridgehead atoms. The van der Waals surface area contributed by atoms with Gasteiger partial charge in [0.25, 0.3) is 5.56 Å². The summed E-state index contributed by atoms with van der Waals surface area (Å²) in [5.74, 6) is 1.61. The van der Waals surface area contributed by atoms with E-state index in [-0.39, 0.29) is 5.56 Å². The van der Waals surface area contributed by atoms with Gasteiger partial charge in [0, 0.05) is 70.5 Å². The first-order valence-electron chi connectivity index (χ1n) is 9.37. The monoisotopic (exact) mass is 365 g/mol. The third kappa shape index (κ3) is 2.80. The number of hydrogen-bond donors (Lipinski definition) is 0. The molecule has 0 amide bonds. The third-order valence-corrected chi connectivity index (χ3v) is 5.78. The second-order valence-corrected chi connectivity index (χ2v) is 7.83. The molecule has 5 rings (SSSR count). The molecule has 0 aromatic carbocycles. The van der Waals surface area contributed by atoms with Crippen molar-refractivity contribution in [3.05, 3.63) is 52.5 Å². The van der Waals surface area contributed by atoms with Crippen LogP contribution in [0.5, 0.6) is 0 Å². The maximum Gasteiger partial charge on any atom is 0.261 e. The van der Waals surface area contributed by atoms with E-state index in [0.717, 1.165) is 49.8 Å². The number of hydrogen-bond acceptors (Lipinski definition) is 5. The van der Waals surface area contributed by atoms with Gasteiger partial charge in [-0.3, -0.25) is 14.4 Å². The first-order valence-corrected chi connectivity index (χ1v) is 9.37. The van der Waals surface area contributed by atoms with Crippen molar-refractivity contribution in [3.8, 4) is 11.4 Å². The van der Waals surface area contributed by atoms with E-state index in [1.807, 2.05) is 41.7 Å². The van der Waals surface area contributed by atoms with E-state index in [1.54, 1.807) is 10.9 Å². The zero-order valence-corrected chi connectivity index (χ0v) is 15.6. The van der Waals surface area contributed by atoms with Gasteiger partial charge in [-0.2, -0.15) is 0 Å². The highest BCUT2D eigenvalue weighted by molar-refractivity contribution is 5.54. The fourth-order valence-electron chi connectivity index (χ4n) is 4.67. The van der Waals surface area contributed by atoms with E-state index in [1.165, 1.54) is 0 Å². The lowest BCUT2D eigenvalue weighted by Crippen LogP contribution is -2.47. The summed E-state index contributed by atoms with van der Waals surface area (Å²) in [5.41, 5.74) is 2.92. The Bertz CT molecular complexity index is 1050. The number of piperidine rings is 1. The molecule has 3 aromatic rings. The standard InChI is InChI=1S/C19H23N7O/c1-23-6-5-20-18(23)16-3-4-17-14-7-13(9-26(17)19(16)27)8-25(10-14)12-15-11-24(2)22-21-15/h3-6,11,13-14H,7-10,12H2,1-2H3/t13-,14+/m0/s1. The smallest absolute Gasteiger partial charge is 0.261 e. The van der Waals surface area contributed by atoms with Crippen LogP contribution in [0.4, 0.5) is 0 Å². The zero-order valence-electron chi connectivity index (χ0n) is 15.6.